The molecule has 182 valence electrons. The summed E-state index contributed by atoms with van der Waals surface area (Å²) in [7, 11) is 2.67. The predicted octanol–water partition coefficient (Wildman–Crippen LogP) is -0.674. The van der Waals surface area contributed by atoms with Gasteiger partial charge in [-0.3, -0.25) is 14.5 Å². The van der Waals surface area contributed by atoms with Crippen molar-refractivity contribution in [3.8, 4) is 0 Å². The van der Waals surface area contributed by atoms with Gasteiger partial charge in [-0.15, -0.1) is 16.9 Å². The molecule has 12 nitrogen and oxygen atoms in total. The Balaban J connectivity index is 1.77. The van der Waals surface area contributed by atoms with Crippen LogP contribution in [0, 0.1) is 0 Å². The second-order valence-corrected chi connectivity index (χ2v) is 10.3. The van der Waals surface area contributed by atoms with Gasteiger partial charge in [-0.25, -0.2) is 13.9 Å². The molecule has 2 aliphatic heterocycles. The van der Waals surface area contributed by atoms with Gasteiger partial charge in [-0.05, 0) is 16.0 Å². The van der Waals surface area contributed by atoms with Gasteiger partial charge >= 0.3 is 11.2 Å². The number of tetrazole rings is 1. The third-order valence-electron chi connectivity index (χ3n) is 4.67. The average molecular weight is 531 g/mol. The van der Waals surface area contributed by atoms with E-state index in [-0.39, 0.29) is 17.2 Å². The molecule has 1 fully saturated rings. The summed E-state index contributed by atoms with van der Waals surface area (Å²) < 4.78 is 56.8. The molecule has 3 rings (SSSR count). The van der Waals surface area contributed by atoms with E-state index in [2.05, 4.69) is 20.8 Å². The first kappa shape index (κ1) is 25.6. The lowest BCUT2D eigenvalue weighted by atomic mass is 9.98. The maximum Gasteiger partial charge on any atom is 0.435 e. The number of thioether (sulfide) groups is 2. The lowest BCUT2D eigenvalue weighted by molar-refractivity contribution is -0.192. The first-order valence-electron chi connectivity index (χ1n) is 8.92. The Labute approximate surface area is 195 Å². The highest BCUT2D eigenvalue weighted by molar-refractivity contribution is 8.01. The number of carboxylic acid groups (broad SMARTS) is 1. The van der Waals surface area contributed by atoms with Crippen LogP contribution in [0.25, 0.3) is 0 Å². The highest BCUT2D eigenvalue weighted by atomic mass is 32.2. The molecule has 0 aromatic carbocycles. The van der Waals surface area contributed by atoms with E-state index in [9.17, 15) is 37.2 Å². The fourth-order valence-electron chi connectivity index (χ4n) is 3.08. The number of carbonyl (C=O) groups excluding carboxylic acids is 2. The molecular weight excluding hydrogens is 513 g/mol. The molecule has 0 radical (unpaired) electrons. The molecule has 2 N–H and O–H groups in total. The van der Waals surface area contributed by atoms with Crippen molar-refractivity contribution >= 4 is 52.5 Å². The molecule has 1 saturated heterocycles. The van der Waals surface area contributed by atoms with Crippen molar-refractivity contribution in [1.29, 1.82) is 0 Å². The second-order valence-electron chi connectivity index (χ2n) is 6.72. The van der Waals surface area contributed by atoms with Crippen molar-refractivity contribution in [3.05, 3.63) is 11.3 Å². The van der Waals surface area contributed by atoms with Crippen molar-refractivity contribution in [3.63, 3.8) is 0 Å². The Hall–Kier alpha value is -2.02. The predicted molar refractivity (Wildman–Crippen MR) is 109 cm³/mol. The van der Waals surface area contributed by atoms with Gasteiger partial charge in [0.15, 0.2) is 5.75 Å². The first-order chi connectivity index (χ1) is 15.5. The van der Waals surface area contributed by atoms with E-state index in [4.69, 9.17) is 4.74 Å². The lowest BCUT2D eigenvalue weighted by Crippen LogP contribution is -2.81. The van der Waals surface area contributed by atoms with Crippen LogP contribution in [0.15, 0.2) is 16.4 Å². The summed E-state index contributed by atoms with van der Waals surface area (Å²) in [5.41, 5.74) is -1.96. The molecule has 1 unspecified atom stereocenters. The number of aliphatic carboxylic acids is 1. The molecule has 1 aromatic rings. The van der Waals surface area contributed by atoms with E-state index in [0.29, 0.717) is 10.7 Å². The maximum atomic E-state index is 13.2. The number of halogens is 3. The van der Waals surface area contributed by atoms with Crippen molar-refractivity contribution in [2.75, 3.05) is 31.0 Å². The molecule has 2 amide bonds. The number of hydrogen-bond donors (Lipinski definition) is 2. The van der Waals surface area contributed by atoms with Gasteiger partial charge in [0.1, 0.15) is 11.1 Å². The van der Waals surface area contributed by atoms with Crippen LogP contribution in [-0.2, 0) is 37.3 Å². The normalized spacial score (nSPS) is 23.8. The van der Waals surface area contributed by atoms with Gasteiger partial charge in [-0.1, -0.05) is 11.8 Å². The summed E-state index contributed by atoms with van der Waals surface area (Å²) >= 11 is -0.934. The van der Waals surface area contributed by atoms with Crippen LogP contribution in [0.4, 0.5) is 13.2 Å². The molecule has 33 heavy (non-hydrogen) atoms. The number of aryl methyl sites for hydroxylation is 1. The van der Waals surface area contributed by atoms with Crippen LogP contribution in [0.1, 0.15) is 0 Å². The SMILES string of the molecule is CO[C@@]1(NC(=O)C[S+]([O-])C(F)(F)CF)C(=O)N2C(C(=O)O)=C(CSc3nnnn3C)CS[C@@H]21. The molecule has 0 bridgehead atoms. The quantitative estimate of drug-likeness (QED) is 0.171. The lowest BCUT2D eigenvalue weighted by Gasteiger charge is -2.55. The molecule has 2 aliphatic rings. The molecular formula is C15H17F3N6O6S3. The molecule has 1 aromatic heterocycles. The minimum Gasteiger partial charge on any atom is -0.611 e. The summed E-state index contributed by atoms with van der Waals surface area (Å²) in [6.07, 6.45) is 0. The van der Waals surface area contributed by atoms with E-state index in [1.54, 1.807) is 7.05 Å². The smallest absolute Gasteiger partial charge is 0.435 e. The minimum absolute atomic E-state index is 0.140. The Morgan fingerprint density at radius 1 is 1.52 bits per heavy atom. The Morgan fingerprint density at radius 3 is 2.76 bits per heavy atom. The highest BCUT2D eigenvalue weighted by Crippen LogP contribution is 2.47. The third kappa shape index (κ3) is 4.66. The summed E-state index contributed by atoms with van der Waals surface area (Å²) in [6.45, 7) is -2.22. The number of amides is 2. The van der Waals surface area contributed by atoms with Crippen molar-refractivity contribution in [2.45, 2.75) is 21.5 Å². The van der Waals surface area contributed by atoms with E-state index >= 15 is 0 Å². The fourth-order valence-corrected chi connectivity index (χ4v) is 6.15. The zero-order valence-corrected chi connectivity index (χ0v) is 19.4. The fraction of sp³-hybridized carbons (Fsp3) is 0.600. The number of fused-ring (bicyclic) bond motifs is 1. The number of nitrogens with zero attached hydrogens (tertiary/aromatic N) is 5. The highest BCUT2D eigenvalue weighted by Gasteiger charge is 2.67. The zero-order valence-electron chi connectivity index (χ0n) is 17.0. The Kier molecular flexibility index (Phi) is 7.52. The van der Waals surface area contributed by atoms with Crippen LogP contribution in [0.5, 0.6) is 0 Å². The number of hydrogen-bond acceptors (Lipinski definition) is 10. The van der Waals surface area contributed by atoms with Crippen LogP contribution in [0.3, 0.4) is 0 Å². The molecule has 3 heterocycles. The molecule has 18 heteroatoms. The minimum atomic E-state index is -4.23. The monoisotopic (exact) mass is 530 g/mol. The van der Waals surface area contributed by atoms with Gasteiger partial charge in [0.25, 0.3) is 17.5 Å². The van der Waals surface area contributed by atoms with Crippen LogP contribution in [-0.4, -0.2) is 99.9 Å². The number of ether oxygens (including phenoxy) is 1. The second kappa shape index (κ2) is 9.69. The van der Waals surface area contributed by atoms with Crippen LogP contribution >= 0.6 is 23.5 Å². The van der Waals surface area contributed by atoms with Gasteiger partial charge < -0.3 is 19.7 Å². The van der Waals surface area contributed by atoms with E-state index < -0.39 is 57.7 Å². The number of methoxy groups -OCH3 is 1. The topological polar surface area (TPSA) is 163 Å². The number of β-lactam (4-membered cyclic amide) rings is 1. The number of alkyl halides is 3. The Bertz CT molecular complexity index is 996. The third-order valence-corrected chi connectivity index (χ3v) is 8.44. The zero-order chi connectivity index (χ0) is 24.6. The van der Waals surface area contributed by atoms with Crippen LogP contribution in [0.2, 0.25) is 0 Å². The summed E-state index contributed by atoms with van der Waals surface area (Å²) in [6, 6.07) is 0. The van der Waals surface area contributed by atoms with Gasteiger partial charge in [0.2, 0.25) is 11.8 Å². The summed E-state index contributed by atoms with van der Waals surface area (Å²) in [4.78, 5) is 38.0. The van der Waals surface area contributed by atoms with E-state index in [1.165, 1.54) is 4.68 Å². The van der Waals surface area contributed by atoms with Gasteiger partial charge in [0.05, 0.1) is 0 Å². The van der Waals surface area contributed by atoms with Gasteiger partial charge in [0, 0.05) is 36.8 Å². The number of aromatic nitrogens is 4. The van der Waals surface area contributed by atoms with Crippen molar-refractivity contribution in [2.24, 2.45) is 7.05 Å². The number of rotatable bonds is 10. The summed E-state index contributed by atoms with van der Waals surface area (Å²) in [5.74, 6) is -4.56. The first-order valence-corrected chi connectivity index (χ1v) is 12.3. The van der Waals surface area contributed by atoms with Gasteiger partial charge in [-0.2, -0.15) is 8.78 Å². The van der Waals surface area contributed by atoms with Crippen molar-refractivity contribution < 1.29 is 42.0 Å². The largest absolute Gasteiger partial charge is 0.611 e. The van der Waals surface area contributed by atoms with E-state index in [0.717, 1.165) is 35.5 Å². The Morgan fingerprint density at radius 2 is 2.21 bits per heavy atom. The average Bonchev–Trinajstić information content (AvgIpc) is 3.19. The molecule has 0 aliphatic carbocycles. The number of nitrogens with one attached hydrogen (secondary N) is 1. The van der Waals surface area contributed by atoms with Crippen LogP contribution < -0.4 is 5.32 Å². The maximum absolute atomic E-state index is 13.2. The van der Waals surface area contributed by atoms with Crippen molar-refractivity contribution in [1.82, 2.24) is 30.4 Å². The standard InChI is InChI=1S/C15H17F3N6O6S3/c1-23-13(20-21-22-23)32-4-7-3-31-12-15(30-2,11(28)24(12)9(7)10(26)27)19-8(25)5-33(29)14(17,18)6-16/h12H,3-6H2,1-2H3,(H,19,25)(H,26,27)/t12-,15+,33?/m1/s1. The molecule has 0 spiro atoms. The van der Waals surface area contributed by atoms with E-state index in [1.807, 2.05) is 0 Å². The summed E-state index contributed by atoms with van der Waals surface area (Å²) in [5, 5.41) is 18.0. The molecule has 0 saturated carbocycles. The molecule has 3 atom stereocenters. The number of carboxylic acids is 1. The number of carbonyl (C=O) groups is 3.